The summed E-state index contributed by atoms with van der Waals surface area (Å²) in [4.78, 5) is 31.5. The van der Waals surface area contributed by atoms with Crippen molar-refractivity contribution in [1.82, 2.24) is 9.88 Å². The minimum Gasteiger partial charge on any atom is -0.486 e. The van der Waals surface area contributed by atoms with Gasteiger partial charge in [0, 0.05) is 43.4 Å². The summed E-state index contributed by atoms with van der Waals surface area (Å²) in [6.07, 6.45) is 4.88. The Morgan fingerprint density at radius 2 is 1.97 bits per heavy atom. The van der Waals surface area contributed by atoms with Gasteiger partial charge in [-0.25, -0.2) is 4.98 Å². The molecule has 1 fully saturated rings. The molecule has 1 N–H and O–H groups in total. The number of fused-ring (bicyclic) bond motifs is 1. The van der Waals surface area contributed by atoms with Crippen LogP contribution in [-0.4, -0.2) is 51.9 Å². The molecular weight excluding hydrogens is 448 g/mol. The number of aliphatic hydroxyl groups is 1. The molecule has 2 aliphatic rings. The highest BCUT2D eigenvalue weighted by molar-refractivity contribution is 7.13. The number of aliphatic hydroxyl groups excluding tert-OH is 1. The van der Waals surface area contributed by atoms with E-state index >= 15 is 0 Å². The van der Waals surface area contributed by atoms with E-state index < -0.39 is 12.2 Å². The van der Waals surface area contributed by atoms with Gasteiger partial charge in [-0.2, -0.15) is 0 Å². The first-order valence-corrected chi connectivity index (χ1v) is 12.3. The van der Waals surface area contributed by atoms with Crippen LogP contribution in [-0.2, 0) is 11.3 Å². The first-order chi connectivity index (χ1) is 16.5. The monoisotopic (exact) mass is 474 g/mol. The lowest BCUT2D eigenvalue weighted by atomic mass is 9.82. The van der Waals surface area contributed by atoms with Gasteiger partial charge in [0.2, 0.25) is 0 Å². The molecule has 0 saturated carbocycles. The lowest BCUT2D eigenvalue weighted by Crippen LogP contribution is -2.50. The van der Waals surface area contributed by atoms with Crippen LogP contribution in [0.5, 0.6) is 5.75 Å². The third kappa shape index (κ3) is 4.87. The number of carbonyl (C=O) groups excluding carboxylic acids is 2. The third-order valence-corrected chi connectivity index (χ3v) is 7.40. The maximum absolute atomic E-state index is 13.0. The van der Waals surface area contributed by atoms with Gasteiger partial charge in [-0.15, -0.1) is 11.3 Å². The van der Waals surface area contributed by atoms with E-state index in [1.165, 1.54) is 6.08 Å². The number of ether oxygens (including phenoxy) is 1. The largest absolute Gasteiger partial charge is 0.486 e. The van der Waals surface area contributed by atoms with E-state index in [0.717, 1.165) is 54.3 Å². The van der Waals surface area contributed by atoms with Crippen molar-refractivity contribution >= 4 is 29.0 Å². The number of Topliss-reactive ketones (excluding diaryl/α,β-unsaturated/α-hetero) is 1. The zero-order valence-corrected chi connectivity index (χ0v) is 19.6. The molecular formula is C27H26N2O4S. The Morgan fingerprint density at radius 1 is 1.18 bits per heavy atom. The Balaban J connectivity index is 1.22. The maximum Gasteiger partial charge on any atom is 0.181 e. The molecule has 1 aromatic heterocycles. The molecule has 1 saturated heterocycles. The average molecular weight is 475 g/mol. The topological polar surface area (TPSA) is 79.7 Å². The summed E-state index contributed by atoms with van der Waals surface area (Å²) in [6.45, 7) is 1.97. The summed E-state index contributed by atoms with van der Waals surface area (Å²) >= 11 is 1.67. The molecule has 2 aliphatic heterocycles. The zero-order chi connectivity index (χ0) is 23.5. The normalized spacial score (nSPS) is 17.6. The second-order valence-electron chi connectivity index (χ2n) is 8.88. The highest BCUT2D eigenvalue weighted by Gasteiger charge is 2.43. The van der Waals surface area contributed by atoms with Crippen molar-refractivity contribution in [3.8, 4) is 16.3 Å². The van der Waals surface area contributed by atoms with Gasteiger partial charge in [0.05, 0.1) is 17.7 Å². The third-order valence-electron chi connectivity index (χ3n) is 6.46. The van der Waals surface area contributed by atoms with Crippen molar-refractivity contribution in [2.24, 2.45) is 0 Å². The molecule has 3 heterocycles. The molecule has 3 aromatic rings. The van der Waals surface area contributed by atoms with E-state index in [2.05, 4.69) is 22.4 Å². The van der Waals surface area contributed by atoms with E-state index in [-0.39, 0.29) is 11.6 Å². The number of aromatic nitrogens is 1. The van der Waals surface area contributed by atoms with E-state index in [4.69, 9.17) is 14.8 Å². The Bertz CT molecular complexity index is 1230. The number of thiazole rings is 1. The Hall–Kier alpha value is -3.13. The van der Waals surface area contributed by atoms with Gasteiger partial charge in [0.25, 0.3) is 0 Å². The molecule has 7 heteroatoms. The van der Waals surface area contributed by atoms with Gasteiger partial charge in [0.1, 0.15) is 23.0 Å². The number of rotatable bonds is 6. The van der Waals surface area contributed by atoms with Crippen LogP contribution in [0.3, 0.4) is 0 Å². The zero-order valence-electron chi connectivity index (χ0n) is 18.8. The lowest BCUT2D eigenvalue weighted by molar-refractivity contribution is -0.117. The van der Waals surface area contributed by atoms with Gasteiger partial charge >= 0.3 is 0 Å². The van der Waals surface area contributed by atoms with Crippen molar-refractivity contribution < 1.29 is 19.4 Å². The van der Waals surface area contributed by atoms with E-state index in [1.54, 1.807) is 23.5 Å². The van der Waals surface area contributed by atoms with Crippen LogP contribution in [0.15, 0.2) is 60.0 Å². The fraction of sp³-hybridized carbons (Fsp3) is 0.296. The number of piperidine rings is 1. The van der Waals surface area contributed by atoms with Crippen LogP contribution in [0.4, 0.5) is 0 Å². The molecule has 0 atom stereocenters. The SMILES string of the molecule is O=C(/C=C/c1ccc2c(c1)C(=O)CC1(CCN(Cc3csc(-c4ccccc4)n3)CC1)O2)CO. The van der Waals surface area contributed by atoms with Crippen molar-refractivity contribution in [3.05, 3.63) is 76.8 Å². The van der Waals surface area contributed by atoms with Gasteiger partial charge in [-0.3, -0.25) is 14.5 Å². The fourth-order valence-electron chi connectivity index (χ4n) is 4.58. The number of hydrogen-bond donors (Lipinski definition) is 1. The molecule has 2 aromatic carbocycles. The minimum absolute atomic E-state index is 0.0745. The van der Waals surface area contributed by atoms with Gasteiger partial charge in [-0.1, -0.05) is 42.5 Å². The number of ketones is 2. The summed E-state index contributed by atoms with van der Waals surface area (Å²) < 4.78 is 6.40. The summed E-state index contributed by atoms with van der Waals surface area (Å²) in [7, 11) is 0. The number of nitrogens with zero attached hydrogens (tertiary/aromatic N) is 2. The van der Waals surface area contributed by atoms with Gasteiger partial charge in [0.15, 0.2) is 11.6 Å². The van der Waals surface area contributed by atoms with Crippen molar-refractivity contribution in [3.63, 3.8) is 0 Å². The molecule has 0 radical (unpaired) electrons. The number of likely N-dealkylation sites (tertiary alicyclic amines) is 1. The molecule has 0 aliphatic carbocycles. The summed E-state index contributed by atoms with van der Waals surface area (Å²) in [5, 5.41) is 12.0. The van der Waals surface area contributed by atoms with Gasteiger partial charge in [-0.05, 0) is 23.8 Å². The molecule has 0 unspecified atom stereocenters. The Morgan fingerprint density at radius 3 is 2.74 bits per heavy atom. The molecule has 1 spiro atoms. The van der Waals surface area contributed by atoms with Crippen LogP contribution in [0, 0.1) is 0 Å². The summed E-state index contributed by atoms with van der Waals surface area (Å²) in [5.74, 6) is 0.313. The molecule has 0 amide bonds. The maximum atomic E-state index is 13.0. The second kappa shape index (κ2) is 9.62. The molecule has 0 bridgehead atoms. The molecule has 34 heavy (non-hydrogen) atoms. The van der Waals surface area contributed by atoms with Crippen LogP contribution in [0.2, 0.25) is 0 Å². The predicted molar refractivity (Wildman–Crippen MR) is 132 cm³/mol. The second-order valence-corrected chi connectivity index (χ2v) is 9.74. The minimum atomic E-state index is -0.528. The quantitative estimate of drug-likeness (QED) is 0.534. The van der Waals surface area contributed by atoms with Gasteiger partial charge < -0.3 is 9.84 Å². The van der Waals surface area contributed by atoms with E-state index in [9.17, 15) is 9.59 Å². The number of carbonyl (C=O) groups is 2. The van der Waals surface area contributed by atoms with Crippen molar-refractivity contribution in [1.29, 1.82) is 0 Å². The lowest BCUT2D eigenvalue weighted by Gasteiger charge is -2.43. The smallest absolute Gasteiger partial charge is 0.181 e. The highest BCUT2D eigenvalue weighted by atomic mass is 32.1. The number of benzene rings is 2. The van der Waals surface area contributed by atoms with Crippen molar-refractivity contribution in [2.75, 3.05) is 19.7 Å². The van der Waals surface area contributed by atoms with Crippen LogP contribution >= 0.6 is 11.3 Å². The Labute approximate surface area is 202 Å². The first kappa shape index (κ1) is 22.7. The highest BCUT2D eigenvalue weighted by Crippen LogP contribution is 2.40. The predicted octanol–water partition coefficient (Wildman–Crippen LogP) is 4.38. The Kier molecular flexibility index (Phi) is 6.41. The molecule has 6 nitrogen and oxygen atoms in total. The molecule has 174 valence electrons. The van der Waals surface area contributed by atoms with E-state index in [1.807, 2.05) is 30.3 Å². The number of hydrogen-bond acceptors (Lipinski definition) is 7. The van der Waals surface area contributed by atoms with E-state index in [0.29, 0.717) is 17.7 Å². The summed E-state index contributed by atoms with van der Waals surface area (Å²) in [5.41, 5.74) is 3.06. The van der Waals surface area contributed by atoms with Crippen LogP contribution in [0.1, 0.15) is 40.9 Å². The van der Waals surface area contributed by atoms with Crippen LogP contribution < -0.4 is 4.74 Å². The first-order valence-electron chi connectivity index (χ1n) is 11.4. The van der Waals surface area contributed by atoms with Crippen LogP contribution in [0.25, 0.3) is 16.6 Å². The fourth-order valence-corrected chi connectivity index (χ4v) is 5.39. The molecule has 5 rings (SSSR count). The van der Waals surface area contributed by atoms with Crippen molar-refractivity contribution in [2.45, 2.75) is 31.4 Å². The average Bonchev–Trinajstić information content (AvgIpc) is 3.33. The standard InChI is InChI=1S/C27H26N2O4S/c30-17-22(31)8-6-19-7-9-25-23(14-19)24(32)15-27(33-25)10-12-29(13-11-27)16-21-18-34-26(28-21)20-4-2-1-3-5-20/h1-9,14,18,30H,10-13,15-17H2/b8-6+. The summed E-state index contributed by atoms with van der Waals surface area (Å²) in [6, 6.07) is 15.6.